The molecule has 9 heteroatoms. The van der Waals surface area contributed by atoms with Crippen LogP contribution >= 0.6 is 0 Å². The van der Waals surface area contributed by atoms with Crippen molar-refractivity contribution in [2.75, 3.05) is 7.11 Å². The highest BCUT2D eigenvalue weighted by Crippen LogP contribution is 2.52. The second-order valence-electron chi connectivity index (χ2n) is 10.7. The lowest BCUT2D eigenvalue weighted by molar-refractivity contribution is -0.0632. The van der Waals surface area contributed by atoms with Crippen molar-refractivity contribution >= 4 is 5.91 Å². The second-order valence-corrected chi connectivity index (χ2v) is 10.7. The number of nitrogens with zero attached hydrogens (tertiary/aromatic N) is 3. The number of ether oxygens (including phenoxy) is 3. The van der Waals surface area contributed by atoms with Crippen LogP contribution in [0.3, 0.4) is 0 Å². The molecule has 3 fully saturated rings. The molecule has 3 aliphatic rings. The van der Waals surface area contributed by atoms with Crippen molar-refractivity contribution in [3.63, 3.8) is 0 Å². The van der Waals surface area contributed by atoms with Crippen molar-refractivity contribution in [1.29, 1.82) is 5.26 Å². The van der Waals surface area contributed by atoms with Gasteiger partial charge < -0.3 is 24.6 Å². The molecule has 196 valence electrons. The molecule has 0 unspecified atom stereocenters. The van der Waals surface area contributed by atoms with Gasteiger partial charge in [0.2, 0.25) is 5.88 Å². The maximum Gasteiger partial charge on any atom is 0.272 e. The Balaban J connectivity index is 1.05. The van der Waals surface area contributed by atoms with Crippen molar-refractivity contribution in [2.24, 2.45) is 5.41 Å². The minimum absolute atomic E-state index is 0.0475. The van der Waals surface area contributed by atoms with Crippen LogP contribution in [0.15, 0.2) is 30.3 Å². The zero-order chi connectivity index (χ0) is 25.8. The Morgan fingerprint density at radius 1 is 1.03 bits per heavy atom. The Morgan fingerprint density at radius 2 is 1.78 bits per heavy atom. The molecule has 1 aromatic heterocycles. The molecule has 1 amide bonds. The number of benzene rings is 1. The summed E-state index contributed by atoms with van der Waals surface area (Å²) in [5, 5.41) is 30.1. The van der Waals surface area contributed by atoms with Gasteiger partial charge in [-0.3, -0.25) is 4.79 Å². The van der Waals surface area contributed by atoms with Crippen molar-refractivity contribution in [2.45, 2.75) is 88.6 Å². The fourth-order valence-electron chi connectivity index (χ4n) is 5.90. The summed E-state index contributed by atoms with van der Waals surface area (Å²) in [5.41, 5.74) is 1.08. The molecule has 37 heavy (non-hydrogen) atoms. The van der Waals surface area contributed by atoms with Crippen LogP contribution < -0.4 is 19.5 Å². The van der Waals surface area contributed by atoms with Crippen LogP contribution in [0.25, 0.3) is 0 Å². The molecule has 0 bridgehead atoms. The first-order valence-electron chi connectivity index (χ1n) is 13.2. The quantitative estimate of drug-likeness (QED) is 0.578. The van der Waals surface area contributed by atoms with E-state index in [-0.39, 0.29) is 36.0 Å². The molecule has 0 radical (unpaired) electrons. The van der Waals surface area contributed by atoms with E-state index in [2.05, 4.69) is 21.6 Å². The van der Waals surface area contributed by atoms with Gasteiger partial charge in [0.05, 0.1) is 24.9 Å². The molecule has 0 saturated heterocycles. The number of amides is 1. The van der Waals surface area contributed by atoms with Gasteiger partial charge in [-0.15, -0.1) is 10.2 Å². The van der Waals surface area contributed by atoms with Crippen LogP contribution in [0.5, 0.6) is 17.4 Å². The predicted octanol–water partition coefficient (Wildman–Crippen LogP) is 3.94. The number of aliphatic hydroxyl groups excluding tert-OH is 1. The van der Waals surface area contributed by atoms with Crippen LogP contribution in [-0.2, 0) is 0 Å². The number of aromatic nitrogens is 2. The number of hydrogen-bond acceptors (Lipinski definition) is 8. The van der Waals surface area contributed by atoms with Crippen LogP contribution in [0, 0.1) is 16.7 Å². The molecular formula is C28H34N4O5. The number of carbonyl (C=O) groups excluding carboxylic acids is 1. The first kappa shape index (κ1) is 25.3. The molecule has 9 nitrogen and oxygen atoms in total. The summed E-state index contributed by atoms with van der Waals surface area (Å²) in [6.45, 7) is 0. The smallest absolute Gasteiger partial charge is 0.272 e. The van der Waals surface area contributed by atoms with E-state index in [9.17, 15) is 9.90 Å². The highest BCUT2D eigenvalue weighted by molar-refractivity contribution is 5.92. The second kappa shape index (κ2) is 10.9. The van der Waals surface area contributed by atoms with E-state index in [1.807, 2.05) is 0 Å². The molecular weight excluding hydrogens is 472 g/mol. The lowest BCUT2D eigenvalue weighted by Gasteiger charge is -2.50. The number of aliphatic hydroxyl groups is 1. The molecule has 1 heterocycles. The van der Waals surface area contributed by atoms with Crippen LogP contribution in [0.2, 0.25) is 0 Å². The molecule has 3 saturated carbocycles. The average Bonchev–Trinajstić information content (AvgIpc) is 2.90. The minimum Gasteiger partial charge on any atom is -0.495 e. The number of hydrogen-bond donors (Lipinski definition) is 2. The van der Waals surface area contributed by atoms with Crippen LogP contribution in [0.4, 0.5) is 0 Å². The van der Waals surface area contributed by atoms with E-state index in [0.717, 1.165) is 64.2 Å². The summed E-state index contributed by atoms with van der Waals surface area (Å²) in [5.74, 6) is 1.39. The maximum atomic E-state index is 12.7. The largest absolute Gasteiger partial charge is 0.495 e. The highest BCUT2D eigenvalue weighted by atomic mass is 16.5. The SMILES string of the molecule is COc1cc(OC2CCC(NC(=O)c3ccc(OC4CC5(CCC(O)CC5)C4)nn3)CC2)ccc1C#N. The zero-order valence-corrected chi connectivity index (χ0v) is 21.2. The van der Waals surface area contributed by atoms with E-state index in [1.54, 1.807) is 30.3 Å². The lowest BCUT2D eigenvalue weighted by atomic mass is 9.59. The van der Waals surface area contributed by atoms with Gasteiger partial charge in [-0.1, -0.05) is 0 Å². The third-order valence-electron chi connectivity index (χ3n) is 8.10. The number of nitrogens with one attached hydrogen (secondary N) is 1. The summed E-state index contributed by atoms with van der Waals surface area (Å²) in [6, 6.07) is 10.8. The summed E-state index contributed by atoms with van der Waals surface area (Å²) < 4.78 is 17.3. The maximum absolute atomic E-state index is 12.7. The van der Waals surface area contributed by atoms with Gasteiger partial charge in [-0.05, 0) is 87.8 Å². The Morgan fingerprint density at radius 3 is 2.43 bits per heavy atom. The van der Waals surface area contributed by atoms with E-state index in [1.165, 1.54) is 7.11 Å². The Bertz CT molecular complexity index is 1120. The molecule has 1 spiro atoms. The first-order valence-corrected chi connectivity index (χ1v) is 13.2. The minimum atomic E-state index is -0.233. The summed E-state index contributed by atoms with van der Waals surface area (Å²) >= 11 is 0. The zero-order valence-electron chi connectivity index (χ0n) is 21.2. The standard InChI is InChI=1S/C28H34N4O5/c1-35-25-14-22(5-2-18(25)17-29)36-21-6-3-19(4-7-21)30-27(34)24-8-9-26(32-31-24)37-23-15-28(16-23)12-10-20(33)11-13-28/h2,5,8-9,14,19-21,23,33H,3-4,6-7,10-13,15-16H2,1H3,(H,30,34). The molecule has 2 aromatic rings. The monoisotopic (exact) mass is 506 g/mol. The van der Waals surface area contributed by atoms with Crippen molar-refractivity contribution in [1.82, 2.24) is 15.5 Å². The molecule has 3 aliphatic carbocycles. The van der Waals surface area contributed by atoms with Gasteiger partial charge in [0.15, 0.2) is 5.69 Å². The third kappa shape index (κ3) is 5.96. The van der Waals surface area contributed by atoms with Gasteiger partial charge in [0.25, 0.3) is 5.91 Å². The predicted molar refractivity (Wildman–Crippen MR) is 134 cm³/mol. The van der Waals surface area contributed by atoms with E-state index < -0.39 is 0 Å². The molecule has 5 rings (SSSR count). The molecule has 2 N–H and O–H groups in total. The summed E-state index contributed by atoms with van der Waals surface area (Å²) in [7, 11) is 1.53. The van der Waals surface area contributed by atoms with Gasteiger partial charge in [0, 0.05) is 18.2 Å². The van der Waals surface area contributed by atoms with E-state index >= 15 is 0 Å². The topological polar surface area (TPSA) is 127 Å². The number of carbonyl (C=O) groups is 1. The van der Waals surface area contributed by atoms with Gasteiger partial charge in [0.1, 0.15) is 23.7 Å². The third-order valence-corrected chi connectivity index (χ3v) is 8.10. The summed E-state index contributed by atoms with van der Waals surface area (Å²) in [6.07, 6.45) is 9.17. The normalized spacial score (nSPS) is 29.0. The fraction of sp³-hybridized carbons (Fsp3) is 0.571. The average molecular weight is 507 g/mol. The van der Waals surface area contributed by atoms with E-state index in [4.69, 9.17) is 19.5 Å². The molecule has 0 atom stereocenters. The Labute approximate surface area is 217 Å². The van der Waals surface area contributed by atoms with Gasteiger partial charge >= 0.3 is 0 Å². The van der Waals surface area contributed by atoms with Gasteiger partial charge in [-0.25, -0.2) is 0 Å². The van der Waals surface area contributed by atoms with Crippen molar-refractivity contribution < 1.29 is 24.1 Å². The fourth-order valence-corrected chi connectivity index (χ4v) is 5.90. The number of nitriles is 1. The van der Waals surface area contributed by atoms with Gasteiger partial charge in [-0.2, -0.15) is 5.26 Å². The highest BCUT2D eigenvalue weighted by Gasteiger charge is 2.47. The number of rotatable bonds is 7. The van der Waals surface area contributed by atoms with Crippen molar-refractivity contribution in [3.05, 3.63) is 41.6 Å². The van der Waals surface area contributed by atoms with Crippen LogP contribution in [0.1, 0.15) is 80.3 Å². The lowest BCUT2D eigenvalue weighted by Crippen LogP contribution is -2.46. The van der Waals surface area contributed by atoms with E-state index in [0.29, 0.717) is 28.4 Å². The van der Waals surface area contributed by atoms with Crippen LogP contribution in [-0.4, -0.2) is 52.7 Å². The molecule has 1 aromatic carbocycles. The molecule has 0 aliphatic heterocycles. The Kier molecular flexibility index (Phi) is 7.47. The number of methoxy groups -OCH3 is 1. The van der Waals surface area contributed by atoms with Crippen molar-refractivity contribution in [3.8, 4) is 23.4 Å². The first-order chi connectivity index (χ1) is 17.9. The summed E-state index contributed by atoms with van der Waals surface area (Å²) in [4.78, 5) is 12.7. The Hall–Kier alpha value is -3.38.